The summed E-state index contributed by atoms with van der Waals surface area (Å²) in [6, 6.07) is 3.32. The van der Waals surface area contributed by atoms with Gasteiger partial charge in [0.2, 0.25) is 0 Å². The molecule has 1 rings (SSSR count). The standard InChI is InChI=1S/C14H22BrN3O2.2ClH/c1-4-18(5-2)7-6-17-14(19)10-8-11(15)12(16)9-13(10)20-3;;/h8-9H,4-7,16H2,1-3H3,(H,17,19);2*1H. The first-order valence-electron chi connectivity index (χ1n) is 6.67. The number of hydrogen-bond donors (Lipinski definition) is 2. The number of benzene rings is 1. The minimum absolute atomic E-state index is 0. The Bertz CT molecular complexity index is 482. The van der Waals surface area contributed by atoms with Crippen molar-refractivity contribution in [3.8, 4) is 5.75 Å². The van der Waals surface area contributed by atoms with E-state index in [1.807, 2.05) is 0 Å². The lowest BCUT2D eigenvalue weighted by atomic mass is 10.1. The second kappa shape index (κ2) is 11.8. The molecular weight excluding hydrogens is 393 g/mol. The number of amides is 1. The van der Waals surface area contributed by atoms with Gasteiger partial charge >= 0.3 is 2.85 Å². The molecule has 22 heavy (non-hydrogen) atoms. The molecule has 0 aromatic heterocycles. The minimum Gasteiger partial charge on any atom is -1.00 e. The highest BCUT2D eigenvalue weighted by molar-refractivity contribution is 9.10. The summed E-state index contributed by atoms with van der Waals surface area (Å²) in [7, 11) is 1.52. The molecule has 0 saturated heterocycles. The maximum Gasteiger partial charge on any atom is 1.00 e. The Labute approximate surface area is 155 Å². The number of nitrogen functional groups attached to an aromatic ring is 1. The number of carbonyl (C=O) groups excluding carboxylic acids is 1. The zero-order valence-electron chi connectivity index (χ0n) is 15.0. The third-order valence-corrected chi connectivity index (χ3v) is 3.86. The van der Waals surface area contributed by atoms with Gasteiger partial charge in [-0.2, -0.15) is 0 Å². The molecule has 0 bridgehead atoms. The zero-order chi connectivity index (χ0) is 15.1. The van der Waals surface area contributed by atoms with Crippen LogP contribution in [0.1, 0.15) is 27.1 Å². The molecule has 0 aliphatic rings. The molecule has 0 atom stereocenters. The zero-order valence-corrected chi connectivity index (χ0v) is 16.1. The molecule has 0 unspecified atom stereocenters. The first kappa shape index (κ1) is 23.6. The van der Waals surface area contributed by atoms with Gasteiger partial charge in [-0.1, -0.05) is 13.8 Å². The molecule has 0 spiro atoms. The van der Waals surface area contributed by atoms with Crippen molar-refractivity contribution in [1.29, 1.82) is 0 Å². The number of ether oxygens (including phenoxy) is 1. The van der Waals surface area contributed by atoms with Crippen LogP contribution in [0.4, 0.5) is 5.69 Å². The predicted molar refractivity (Wildman–Crippen MR) is 87.5 cm³/mol. The summed E-state index contributed by atoms with van der Waals surface area (Å²) in [4.78, 5) is 14.4. The van der Waals surface area contributed by atoms with E-state index in [0.717, 1.165) is 19.6 Å². The number of anilines is 1. The SMILES string of the molecule is CCN(CC)CCNC(=O)c1cc(Br)c(N)cc1OC.[Cl-].[Cl-].[H+].[H+]. The number of carbonyl (C=O) groups is 1. The molecule has 0 aliphatic heterocycles. The van der Waals surface area contributed by atoms with Crippen LogP contribution in [0, 0.1) is 0 Å². The fraction of sp³-hybridized carbons (Fsp3) is 0.500. The molecule has 0 radical (unpaired) electrons. The van der Waals surface area contributed by atoms with Crippen LogP contribution in [0.5, 0.6) is 5.75 Å². The Kier molecular flexibility index (Phi) is 12.7. The van der Waals surface area contributed by atoms with E-state index in [1.54, 1.807) is 12.1 Å². The molecule has 1 aromatic rings. The summed E-state index contributed by atoms with van der Waals surface area (Å²) in [5.41, 5.74) is 6.80. The molecule has 0 heterocycles. The Morgan fingerprint density at radius 1 is 1.36 bits per heavy atom. The fourth-order valence-electron chi connectivity index (χ4n) is 1.88. The number of nitrogens with two attached hydrogens (primary N) is 1. The van der Waals surface area contributed by atoms with Crippen LogP contribution >= 0.6 is 15.9 Å². The molecule has 1 aromatic carbocycles. The first-order valence-corrected chi connectivity index (χ1v) is 7.46. The van der Waals surface area contributed by atoms with E-state index in [9.17, 15) is 4.79 Å². The second-order valence-electron chi connectivity index (χ2n) is 4.36. The largest absolute Gasteiger partial charge is 1.00 e. The number of hydrogen-bond acceptors (Lipinski definition) is 4. The van der Waals surface area contributed by atoms with Crippen molar-refractivity contribution in [2.75, 3.05) is 39.0 Å². The molecule has 128 valence electrons. The number of methoxy groups -OCH3 is 1. The lowest BCUT2D eigenvalue weighted by molar-refractivity contribution is -0.00100. The summed E-state index contributed by atoms with van der Waals surface area (Å²) in [6.07, 6.45) is 0. The van der Waals surface area contributed by atoms with Gasteiger partial charge in [0.1, 0.15) is 5.75 Å². The highest BCUT2D eigenvalue weighted by Crippen LogP contribution is 2.28. The van der Waals surface area contributed by atoms with Crippen LogP contribution in [-0.4, -0.2) is 44.1 Å². The van der Waals surface area contributed by atoms with Gasteiger partial charge in [-0.25, -0.2) is 0 Å². The predicted octanol–water partition coefficient (Wildman–Crippen LogP) is -3.66. The Balaban J connectivity index is -0.000000500. The topological polar surface area (TPSA) is 67.6 Å². The number of nitrogens with one attached hydrogen (secondary N) is 1. The van der Waals surface area contributed by atoms with Crippen molar-refractivity contribution in [1.82, 2.24) is 10.2 Å². The summed E-state index contributed by atoms with van der Waals surface area (Å²) in [5.74, 6) is 0.320. The molecule has 8 heteroatoms. The van der Waals surface area contributed by atoms with E-state index in [-0.39, 0.29) is 33.6 Å². The van der Waals surface area contributed by atoms with Crippen molar-refractivity contribution in [2.45, 2.75) is 13.8 Å². The van der Waals surface area contributed by atoms with Crippen molar-refractivity contribution < 1.29 is 37.2 Å². The Hall–Kier alpha value is -0.690. The maximum absolute atomic E-state index is 12.2. The van der Waals surface area contributed by atoms with Gasteiger partial charge in [-0.3, -0.25) is 4.79 Å². The van der Waals surface area contributed by atoms with Gasteiger partial charge in [-0.05, 0) is 35.1 Å². The summed E-state index contributed by atoms with van der Waals surface area (Å²) < 4.78 is 5.89. The number of nitrogens with zero attached hydrogens (tertiary/aromatic N) is 1. The van der Waals surface area contributed by atoms with Crippen molar-refractivity contribution in [3.05, 3.63) is 22.2 Å². The number of halogens is 3. The van der Waals surface area contributed by atoms with Crippen LogP contribution in [0.15, 0.2) is 16.6 Å². The number of likely N-dealkylation sites (N-methyl/N-ethyl adjacent to an activating group) is 1. The third kappa shape index (κ3) is 6.60. The highest BCUT2D eigenvalue weighted by Gasteiger charge is 2.14. The third-order valence-electron chi connectivity index (χ3n) is 3.17. The van der Waals surface area contributed by atoms with Gasteiger partial charge in [0, 0.05) is 29.3 Å². The average molecular weight is 417 g/mol. The van der Waals surface area contributed by atoms with Gasteiger partial charge in [0.25, 0.3) is 5.91 Å². The van der Waals surface area contributed by atoms with Crippen LogP contribution in [-0.2, 0) is 0 Å². The molecule has 3 N–H and O–H groups in total. The molecule has 5 nitrogen and oxygen atoms in total. The minimum atomic E-state index is -0.158. The smallest absolute Gasteiger partial charge is 1.00 e. The monoisotopic (exact) mass is 415 g/mol. The van der Waals surface area contributed by atoms with E-state index in [4.69, 9.17) is 10.5 Å². The number of rotatable bonds is 7. The summed E-state index contributed by atoms with van der Waals surface area (Å²) in [5, 5.41) is 2.90. The van der Waals surface area contributed by atoms with Crippen LogP contribution < -0.4 is 40.6 Å². The van der Waals surface area contributed by atoms with Crippen LogP contribution in [0.3, 0.4) is 0 Å². The van der Waals surface area contributed by atoms with E-state index >= 15 is 0 Å². The van der Waals surface area contributed by atoms with Crippen molar-refractivity contribution in [3.63, 3.8) is 0 Å². The molecule has 0 fully saturated rings. The quantitative estimate of drug-likeness (QED) is 0.450. The Morgan fingerprint density at radius 3 is 2.45 bits per heavy atom. The van der Waals surface area contributed by atoms with Crippen LogP contribution in [0.25, 0.3) is 0 Å². The molecular formula is C14H24BrCl2N3O2. The van der Waals surface area contributed by atoms with E-state index in [0.29, 0.717) is 28.0 Å². The highest BCUT2D eigenvalue weighted by atomic mass is 79.9. The fourth-order valence-corrected chi connectivity index (χ4v) is 2.22. The maximum atomic E-state index is 12.2. The Morgan fingerprint density at radius 2 is 1.95 bits per heavy atom. The lowest BCUT2D eigenvalue weighted by Crippen LogP contribution is -3.00. The second-order valence-corrected chi connectivity index (χ2v) is 5.21. The first-order chi connectivity index (χ1) is 9.53. The summed E-state index contributed by atoms with van der Waals surface area (Å²) >= 11 is 3.32. The molecule has 0 aliphatic carbocycles. The van der Waals surface area contributed by atoms with Gasteiger partial charge in [0.15, 0.2) is 0 Å². The van der Waals surface area contributed by atoms with E-state index in [1.165, 1.54) is 7.11 Å². The molecule has 0 saturated carbocycles. The normalized spacial score (nSPS) is 9.68. The van der Waals surface area contributed by atoms with Gasteiger partial charge in [-0.15, -0.1) is 0 Å². The average Bonchev–Trinajstić information content (AvgIpc) is 2.45. The van der Waals surface area contributed by atoms with Crippen molar-refractivity contribution >= 4 is 27.5 Å². The van der Waals surface area contributed by atoms with Crippen molar-refractivity contribution in [2.24, 2.45) is 0 Å². The van der Waals surface area contributed by atoms with E-state index < -0.39 is 0 Å². The van der Waals surface area contributed by atoms with Gasteiger partial charge in [0.05, 0.1) is 12.7 Å². The lowest BCUT2D eigenvalue weighted by Gasteiger charge is -2.18. The molecule has 1 amide bonds. The summed E-state index contributed by atoms with van der Waals surface area (Å²) in [6.45, 7) is 7.59. The van der Waals surface area contributed by atoms with Gasteiger partial charge < -0.3 is 45.5 Å². The van der Waals surface area contributed by atoms with Crippen LogP contribution in [0.2, 0.25) is 0 Å². The van der Waals surface area contributed by atoms with E-state index in [2.05, 4.69) is 40.0 Å².